The highest BCUT2D eigenvalue weighted by Crippen LogP contribution is 2.17. The summed E-state index contributed by atoms with van der Waals surface area (Å²) >= 11 is 0. The van der Waals surface area contributed by atoms with E-state index in [2.05, 4.69) is 0 Å². The molecule has 0 saturated heterocycles. The lowest BCUT2D eigenvalue weighted by Gasteiger charge is -2.07. The number of phenols is 1. The molecule has 3 heteroatoms. The third-order valence-corrected chi connectivity index (χ3v) is 2.19. The van der Waals surface area contributed by atoms with E-state index in [1.54, 1.807) is 25.1 Å². The molecule has 16 heavy (non-hydrogen) atoms. The summed E-state index contributed by atoms with van der Waals surface area (Å²) in [5, 5.41) is 9.34. The van der Waals surface area contributed by atoms with Crippen LogP contribution in [0.1, 0.15) is 25.0 Å². The Morgan fingerprint density at radius 1 is 1.44 bits per heavy atom. The summed E-state index contributed by atoms with van der Waals surface area (Å²) in [5.41, 5.74) is 1.64. The number of esters is 1. The average Bonchev–Trinajstić information content (AvgIpc) is 2.21. The van der Waals surface area contributed by atoms with Crippen LogP contribution in [-0.4, -0.2) is 17.7 Å². The molecule has 0 aliphatic heterocycles. The summed E-state index contributed by atoms with van der Waals surface area (Å²) in [6.07, 6.45) is 0.258. The van der Waals surface area contributed by atoms with Gasteiger partial charge in [-0.15, -0.1) is 0 Å². The first-order valence-electron chi connectivity index (χ1n) is 5.43. The maximum absolute atomic E-state index is 11.4. The van der Waals surface area contributed by atoms with Gasteiger partial charge in [0, 0.05) is 0 Å². The zero-order chi connectivity index (χ0) is 12.1. The number of rotatable bonds is 4. The minimum atomic E-state index is -0.223. The molecule has 3 nitrogen and oxygen atoms in total. The van der Waals surface area contributed by atoms with Gasteiger partial charge in [0.15, 0.2) is 0 Å². The van der Waals surface area contributed by atoms with Crippen LogP contribution in [0.4, 0.5) is 0 Å². The second kappa shape index (κ2) is 5.54. The first-order chi connectivity index (χ1) is 7.49. The van der Waals surface area contributed by atoms with Crippen LogP contribution in [-0.2, 0) is 16.0 Å². The Kier molecular flexibility index (Phi) is 4.35. The third kappa shape index (κ3) is 3.93. The van der Waals surface area contributed by atoms with Gasteiger partial charge in [-0.25, -0.2) is 0 Å². The maximum atomic E-state index is 11.4. The van der Waals surface area contributed by atoms with E-state index in [9.17, 15) is 9.90 Å². The average molecular weight is 222 g/mol. The summed E-state index contributed by atoms with van der Waals surface area (Å²) in [5.74, 6) is 0.378. The fourth-order valence-corrected chi connectivity index (χ4v) is 1.30. The normalized spacial score (nSPS) is 10.5. The van der Waals surface area contributed by atoms with Crippen LogP contribution < -0.4 is 0 Å². The molecule has 1 aromatic rings. The van der Waals surface area contributed by atoms with Crippen LogP contribution in [0.15, 0.2) is 18.2 Å². The van der Waals surface area contributed by atoms with Gasteiger partial charge >= 0.3 is 5.97 Å². The molecule has 0 aliphatic carbocycles. The second-order valence-corrected chi connectivity index (χ2v) is 4.37. The Bertz CT molecular complexity index is 369. The Labute approximate surface area is 96.1 Å². The summed E-state index contributed by atoms with van der Waals surface area (Å²) in [4.78, 5) is 11.4. The monoisotopic (exact) mass is 222 g/mol. The van der Waals surface area contributed by atoms with Crippen molar-refractivity contribution < 1.29 is 14.6 Å². The second-order valence-electron chi connectivity index (χ2n) is 4.37. The highest BCUT2D eigenvalue weighted by molar-refractivity contribution is 5.72. The maximum Gasteiger partial charge on any atom is 0.310 e. The lowest BCUT2D eigenvalue weighted by atomic mass is 10.1. The number of carbonyl (C=O) groups excluding carboxylic acids is 1. The van der Waals surface area contributed by atoms with Crippen molar-refractivity contribution in [1.82, 2.24) is 0 Å². The molecular weight excluding hydrogens is 204 g/mol. The first-order valence-corrected chi connectivity index (χ1v) is 5.43. The Hall–Kier alpha value is -1.51. The van der Waals surface area contributed by atoms with E-state index < -0.39 is 0 Å². The molecule has 0 atom stereocenters. The van der Waals surface area contributed by atoms with Crippen molar-refractivity contribution in [2.24, 2.45) is 5.92 Å². The van der Waals surface area contributed by atoms with Gasteiger partial charge in [0.2, 0.25) is 0 Å². The van der Waals surface area contributed by atoms with E-state index in [1.807, 2.05) is 13.8 Å². The van der Waals surface area contributed by atoms with Gasteiger partial charge in [-0.3, -0.25) is 4.79 Å². The lowest BCUT2D eigenvalue weighted by molar-refractivity contribution is -0.143. The largest absolute Gasteiger partial charge is 0.508 e. The number of phenolic OH excluding ortho intramolecular Hbond substituents is 1. The minimum absolute atomic E-state index is 0.223. The van der Waals surface area contributed by atoms with E-state index in [0.29, 0.717) is 12.5 Å². The topological polar surface area (TPSA) is 46.5 Å². The van der Waals surface area contributed by atoms with Gasteiger partial charge in [-0.2, -0.15) is 0 Å². The molecule has 1 rings (SSSR count). The zero-order valence-corrected chi connectivity index (χ0v) is 9.99. The summed E-state index contributed by atoms with van der Waals surface area (Å²) in [6, 6.07) is 5.13. The standard InChI is InChI=1S/C13H18O3/c1-9(2)8-16-13(15)7-11-4-5-12(14)10(3)6-11/h4-6,9,14H,7-8H2,1-3H3. The Balaban J connectivity index is 2.53. The number of aromatic hydroxyl groups is 1. The molecule has 88 valence electrons. The zero-order valence-electron chi connectivity index (χ0n) is 9.99. The van der Waals surface area contributed by atoms with Crippen LogP contribution in [0, 0.1) is 12.8 Å². The van der Waals surface area contributed by atoms with Crippen molar-refractivity contribution in [3.8, 4) is 5.75 Å². The lowest BCUT2D eigenvalue weighted by Crippen LogP contribution is -2.12. The Morgan fingerprint density at radius 2 is 2.12 bits per heavy atom. The SMILES string of the molecule is Cc1cc(CC(=O)OCC(C)C)ccc1O. The summed E-state index contributed by atoms with van der Waals surface area (Å²) in [6.45, 7) is 6.25. The third-order valence-electron chi connectivity index (χ3n) is 2.19. The van der Waals surface area contributed by atoms with Gasteiger partial charge in [0.05, 0.1) is 13.0 Å². The van der Waals surface area contributed by atoms with Crippen LogP contribution in [0.3, 0.4) is 0 Å². The molecule has 0 saturated carbocycles. The van der Waals surface area contributed by atoms with Crippen molar-refractivity contribution in [3.05, 3.63) is 29.3 Å². The van der Waals surface area contributed by atoms with E-state index in [1.165, 1.54) is 0 Å². The van der Waals surface area contributed by atoms with E-state index in [-0.39, 0.29) is 18.1 Å². The molecule has 0 heterocycles. The molecular formula is C13H18O3. The molecule has 0 fully saturated rings. The van der Waals surface area contributed by atoms with Gasteiger partial charge in [-0.1, -0.05) is 26.0 Å². The number of aryl methyl sites for hydroxylation is 1. The van der Waals surface area contributed by atoms with Gasteiger partial charge < -0.3 is 9.84 Å². The number of ether oxygens (including phenoxy) is 1. The Morgan fingerprint density at radius 3 is 2.69 bits per heavy atom. The molecule has 0 aliphatic rings. The summed E-state index contributed by atoms with van der Waals surface area (Å²) < 4.78 is 5.08. The first kappa shape index (κ1) is 12.6. The fraction of sp³-hybridized carbons (Fsp3) is 0.462. The highest BCUT2D eigenvalue weighted by atomic mass is 16.5. The van der Waals surface area contributed by atoms with E-state index in [0.717, 1.165) is 11.1 Å². The van der Waals surface area contributed by atoms with Gasteiger partial charge in [0.25, 0.3) is 0 Å². The molecule has 0 unspecified atom stereocenters. The molecule has 0 aromatic heterocycles. The molecule has 0 amide bonds. The van der Waals surface area contributed by atoms with Crippen LogP contribution >= 0.6 is 0 Å². The minimum Gasteiger partial charge on any atom is -0.508 e. The number of carbonyl (C=O) groups is 1. The number of hydrogen-bond acceptors (Lipinski definition) is 3. The molecule has 1 N–H and O–H groups in total. The van der Waals surface area contributed by atoms with Crippen molar-refractivity contribution >= 4 is 5.97 Å². The van der Waals surface area contributed by atoms with Gasteiger partial charge in [0.1, 0.15) is 5.75 Å². The molecule has 0 radical (unpaired) electrons. The smallest absolute Gasteiger partial charge is 0.310 e. The summed E-state index contributed by atoms with van der Waals surface area (Å²) in [7, 11) is 0. The number of hydrogen-bond donors (Lipinski definition) is 1. The quantitative estimate of drug-likeness (QED) is 0.796. The molecule has 0 bridgehead atoms. The van der Waals surface area contributed by atoms with Crippen molar-refractivity contribution in [3.63, 3.8) is 0 Å². The molecule has 1 aromatic carbocycles. The highest BCUT2D eigenvalue weighted by Gasteiger charge is 2.07. The van der Waals surface area contributed by atoms with Gasteiger partial charge in [-0.05, 0) is 30.0 Å². The van der Waals surface area contributed by atoms with Crippen LogP contribution in [0.25, 0.3) is 0 Å². The predicted molar refractivity (Wildman–Crippen MR) is 62.3 cm³/mol. The van der Waals surface area contributed by atoms with Crippen LogP contribution in [0.2, 0.25) is 0 Å². The fourth-order valence-electron chi connectivity index (χ4n) is 1.30. The van der Waals surface area contributed by atoms with Crippen molar-refractivity contribution in [2.45, 2.75) is 27.2 Å². The van der Waals surface area contributed by atoms with Crippen molar-refractivity contribution in [2.75, 3.05) is 6.61 Å². The van der Waals surface area contributed by atoms with Crippen molar-refractivity contribution in [1.29, 1.82) is 0 Å². The number of benzene rings is 1. The molecule has 0 spiro atoms. The predicted octanol–water partition coefficient (Wildman–Crippen LogP) is 2.44. The van der Waals surface area contributed by atoms with E-state index in [4.69, 9.17) is 4.74 Å². The van der Waals surface area contributed by atoms with E-state index >= 15 is 0 Å². The van der Waals surface area contributed by atoms with Crippen LogP contribution in [0.5, 0.6) is 5.75 Å².